The smallest absolute Gasteiger partial charge is 0.246 e. The molecule has 0 saturated carbocycles. The van der Waals surface area contributed by atoms with Crippen LogP contribution in [-0.2, 0) is 4.79 Å². The van der Waals surface area contributed by atoms with Gasteiger partial charge in [-0.1, -0.05) is 18.2 Å². The lowest BCUT2D eigenvalue weighted by molar-refractivity contribution is -0.116. The third-order valence-electron chi connectivity index (χ3n) is 4.26. The fraction of sp³-hybridized carbons (Fsp3) is 0.174. The van der Waals surface area contributed by atoms with E-state index in [1.54, 1.807) is 39.3 Å². The molecule has 0 saturated heterocycles. The molecule has 29 heavy (non-hydrogen) atoms. The number of nitrogens with one attached hydrogen (secondary N) is 2. The topological polar surface area (TPSA) is 68.8 Å². The van der Waals surface area contributed by atoms with Crippen molar-refractivity contribution in [3.63, 3.8) is 0 Å². The van der Waals surface area contributed by atoms with E-state index >= 15 is 0 Å². The molecule has 0 aromatic heterocycles. The van der Waals surface area contributed by atoms with Crippen LogP contribution in [0.1, 0.15) is 6.92 Å². The molecule has 3 rings (SSSR count). The van der Waals surface area contributed by atoms with Gasteiger partial charge in [-0.05, 0) is 55.5 Å². The number of para-hydroxylation sites is 1. The fourth-order valence-electron chi connectivity index (χ4n) is 2.72. The summed E-state index contributed by atoms with van der Waals surface area (Å²) in [7, 11) is 3.12. The lowest BCUT2D eigenvalue weighted by Crippen LogP contribution is -2.31. The van der Waals surface area contributed by atoms with Gasteiger partial charge in [0.2, 0.25) is 5.91 Å². The highest BCUT2D eigenvalue weighted by atomic mass is 16.5. The maximum Gasteiger partial charge on any atom is 0.246 e. The minimum atomic E-state index is -0.441. The summed E-state index contributed by atoms with van der Waals surface area (Å²) in [5.41, 5.74) is 1.45. The first-order valence-corrected chi connectivity index (χ1v) is 9.21. The highest BCUT2D eigenvalue weighted by Crippen LogP contribution is 2.30. The molecule has 0 aliphatic rings. The number of hydrogen-bond donors (Lipinski definition) is 2. The van der Waals surface area contributed by atoms with E-state index in [1.807, 2.05) is 54.6 Å². The van der Waals surface area contributed by atoms with Crippen molar-refractivity contribution in [1.82, 2.24) is 0 Å². The molecule has 6 nitrogen and oxygen atoms in total. The molecular formula is C23H24N2O4. The van der Waals surface area contributed by atoms with E-state index < -0.39 is 6.04 Å². The maximum atomic E-state index is 12.5. The number of carbonyl (C=O) groups excluding carboxylic acids is 1. The summed E-state index contributed by atoms with van der Waals surface area (Å²) >= 11 is 0. The first-order chi connectivity index (χ1) is 14.1. The number of rotatable bonds is 8. The Bertz CT molecular complexity index is 943. The second kappa shape index (κ2) is 9.50. The molecule has 0 aliphatic carbocycles. The van der Waals surface area contributed by atoms with Crippen molar-refractivity contribution in [3.05, 3.63) is 72.8 Å². The maximum absolute atomic E-state index is 12.5. The molecule has 3 aromatic carbocycles. The third kappa shape index (κ3) is 5.42. The van der Waals surface area contributed by atoms with Crippen LogP contribution in [-0.4, -0.2) is 26.2 Å². The largest absolute Gasteiger partial charge is 0.493 e. The monoisotopic (exact) mass is 392 g/mol. The first-order valence-electron chi connectivity index (χ1n) is 9.21. The Labute approximate surface area is 170 Å². The second-order valence-corrected chi connectivity index (χ2v) is 6.36. The molecule has 150 valence electrons. The van der Waals surface area contributed by atoms with Gasteiger partial charge in [-0.3, -0.25) is 4.79 Å². The average Bonchev–Trinajstić information content (AvgIpc) is 2.75. The standard InChI is InChI=1S/C23H24N2O4/c1-16(23(26)25-18-11-14-21(27-2)22(15-18)28-3)24-17-9-12-20(13-10-17)29-19-7-5-4-6-8-19/h4-16,24H,1-3H3,(H,25,26). The summed E-state index contributed by atoms with van der Waals surface area (Å²) in [6.45, 7) is 1.80. The number of anilines is 2. The van der Waals surface area contributed by atoms with E-state index in [-0.39, 0.29) is 5.91 Å². The minimum Gasteiger partial charge on any atom is -0.493 e. The molecule has 0 heterocycles. The third-order valence-corrected chi connectivity index (χ3v) is 4.26. The Hall–Kier alpha value is -3.67. The van der Waals surface area contributed by atoms with Gasteiger partial charge < -0.3 is 24.8 Å². The molecule has 1 unspecified atom stereocenters. The van der Waals surface area contributed by atoms with E-state index in [1.165, 1.54) is 0 Å². The van der Waals surface area contributed by atoms with E-state index in [2.05, 4.69) is 10.6 Å². The fourth-order valence-corrected chi connectivity index (χ4v) is 2.72. The zero-order chi connectivity index (χ0) is 20.6. The Morgan fingerprint density at radius 3 is 2.07 bits per heavy atom. The quantitative estimate of drug-likeness (QED) is 0.569. The van der Waals surface area contributed by atoms with Gasteiger partial charge in [-0.15, -0.1) is 0 Å². The Balaban J connectivity index is 1.58. The summed E-state index contributed by atoms with van der Waals surface area (Å²) in [6.07, 6.45) is 0. The second-order valence-electron chi connectivity index (χ2n) is 6.36. The van der Waals surface area contributed by atoms with Crippen molar-refractivity contribution in [3.8, 4) is 23.0 Å². The zero-order valence-corrected chi connectivity index (χ0v) is 16.6. The molecular weight excluding hydrogens is 368 g/mol. The number of ether oxygens (including phenoxy) is 3. The van der Waals surface area contributed by atoms with E-state index in [4.69, 9.17) is 14.2 Å². The van der Waals surface area contributed by atoms with Gasteiger partial charge in [-0.2, -0.15) is 0 Å². The molecule has 6 heteroatoms. The van der Waals surface area contributed by atoms with Gasteiger partial charge in [0.05, 0.1) is 14.2 Å². The summed E-state index contributed by atoms with van der Waals surface area (Å²) in [5.74, 6) is 2.50. The summed E-state index contributed by atoms with van der Waals surface area (Å²) in [6, 6.07) is 21.8. The number of amides is 1. The van der Waals surface area contributed by atoms with Crippen LogP contribution >= 0.6 is 0 Å². The average molecular weight is 392 g/mol. The molecule has 0 radical (unpaired) electrons. The Kier molecular flexibility index (Phi) is 6.58. The van der Waals surface area contributed by atoms with Gasteiger partial charge in [0.1, 0.15) is 17.5 Å². The summed E-state index contributed by atoms with van der Waals surface area (Å²) < 4.78 is 16.3. The van der Waals surface area contributed by atoms with Crippen molar-refractivity contribution in [2.24, 2.45) is 0 Å². The Morgan fingerprint density at radius 2 is 1.41 bits per heavy atom. The number of hydrogen-bond acceptors (Lipinski definition) is 5. The van der Waals surface area contributed by atoms with Crippen molar-refractivity contribution in [2.75, 3.05) is 24.9 Å². The molecule has 0 aliphatic heterocycles. The zero-order valence-electron chi connectivity index (χ0n) is 16.6. The molecule has 2 N–H and O–H groups in total. The molecule has 1 atom stereocenters. The SMILES string of the molecule is COc1ccc(NC(=O)C(C)Nc2ccc(Oc3ccccc3)cc2)cc1OC. The Morgan fingerprint density at radius 1 is 0.793 bits per heavy atom. The molecule has 0 bridgehead atoms. The van der Waals surface area contributed by atoms with Crippen molar-refractivity contribution in [2.45, 2.75) is 13.0 Å². The predicted octanol–water partition coefficient (Wildman–Crippen LogP) is 4.94. The van der Waals surface area contributed by atoms with E-state index in [0.29, 0.717) is 17.2 Å². The lowest BCUT2D eigenvalue weighted by Gasteiger charge is -2.16. The van der Waals surface area contributed by atoms with Gasteiger partial charge in [0, 0.05) is 17.4 Å². The number of carbonyl (C=O) groups is 1. The van der Waals surface area contributed by atoms with Crippen molar-refractivity contribution < 1.29 is 19.0 Å². The van der Waals surface area contributed by atoms with E-state index in [0.717, 1.165) is 17.2 Å². The highest BCUT2D eigenvalue weighted by Gasteiger charge is 2.14. The van der Waals surface area contributed by atoms with Crippen LogP contribution in [0.25, 0.3) is 0 Å². The highest BCUT2D eigenvalue weighted by molar-refractivity contribution is 5.96. The normalized spacial score (nSPS) is 11.3. The van der Waals surface area contributed by atoms with Crippen molar-refractivity contribution >= 4 is 17.3 Å². The molecule has 0 spiro atoms. The molecule has 1 amide bonds. The number of benzene rings is 3. The van der Waals surface area contributed by atoms with Crippen LogP contribution in [0.3, 0.4) is 0 Å². The van der Waals surface area contributed by atoms with Gasteiger partial charge in [0.15, 0.2) is 11.5 Å². The summed E-state index contributed by atoms with van der Waals surface area (Å²) in [4.78, 5) is 12.5. The van der Waals surface area contributed by atoms with Crippen molar-refractivity contribution in [1.29, 1.82) is 0 Å². The van der Waals surface area contributed by atoms with E-state index in [9.17, 15) is 4.79 Å². The minimum absolute atomic E-state index is 0.165. The predicted molar refractivity (Wildman–Crippen MR) is 114 cm³/mol. The van der Waals surface area contributed by atoms with Crippen LogP contribution in [0.2, 0.25) is 0 Å². The molecule has 0 fully saturated rings. The first kappa shape index (κ1) is 20.1. The van der Waals surface area contributed by atoms with Crippen LogP contribution in [0.5, 0.6) is 23.0 Å². The van der Waals surface area contributed by atoms with Crippen LogP contribution in [0.4, 0.5) is 11.4 Å². The van der Waals surface area contributed by atoms with Crippen LogP contribution < -0.4 is 24.8 Å². The van der Waals surface area contributed by atoms with Gasteiger partial charge >= 0.3 is 0 Å². The summed E-state index contributed by atoms with van der Waals surface area (Å²) in [5, 5.41) is 6.05. The van der Waals surface area contributed by atoms with Gasteiger partial charge in [-0.25, -0.2) is 0 Å². The van der Waals surface area contributed by atoms with Crippen LogP contribution in [0.15, 0.2) is 72.8 Å². The van der Waals surface area contributed by atoms with Crippen LogP contribution in [0, 0.1) is 0 Å². The lowest BCUT2D eigenvalue weighted by atomic mass is 10.2. The van der Waals surface area contributed by atoms with Gasteiger partial charge in [0.25, 0.3) is 0 Å². The number of methoxy groups -OCH3 is 2. The molecule has 3 aromatic rings.